The number of benzene rings is 2. The second kappa shape index (κ2) is 7.56. The Morgan fingerprint density at radius 1 is 1.30 bits per heavy atom. The zero-order valence-electron chi connectivity index (χ0n) is 12.0. The second-order valence-electron chi connectivity index (χ2n) is 4.75. The van der Waals surface area contributed by atoms with Gasteiger partial charge >= 0.3 is 0 Å². The lowest BCUT2D eigenvalue weighted by Gasteiger charge is -2.06. The van der Waals surface area contributed by atoms with E-state index in [0.717, 1.165) is 14.8 Å². The number of nitrogens with zero attached hydrogens (tertiary/aromatic N) is 1. The third kappa shape index (κ3) is 4.77. The summed E-state index contributed by atoms with van der Waals surface area (Å²) in [6.45, 7) is 1.91. The number of rotatable bonds is 4. The quantitative estimate of drug-likeness (QED) is 0.320. The Bertz CT molecular complexity index is 806. The molecule has 0 bridgehead atoms. The first-order valence-electron chi connectivity index (χ1n) is 6.56. The van der Waals surface area contributed by atoms with Gasteiger partial charge in [0.2, 0.25) is 5.91 Å². The van der Waals surface area contributed by atoms with Gasteiger partial charge in [-0.05, 0) is 71.0 Å². The molecule has 2 rings (SSSR count). The van der Waals surface area contributed by atoms with Crippen molar-refractivity contribution in [3.8, 4) is 0 Å². The molecular weight excluding hydrogens is 431 g/mol. The van der Waals surface area contributed by atoms with Crippen LogP contribution in [0.3, 0.4) is 0 Å². The van der Waals surface area contributed by atoms with Crippen molar-refractivity contribution in [3.05, 3.63) is 72.3 Å². The SMILES string of the molecule is Cc1cc(I)ccc1NC(=O)/C=C/c1ccc(Cl)c([N+](=O)[O-])c1. The summed E-state index contributed by atoms with van der Waals surface area (Å²) in [5, 5.41) is 13.7. The van der Waals surface area contributed by atoms with Crippen molar-refractivity contribution in [1.82, 2.24) is 0 Å². The summed E-state index contributed by atoms with van der Waals surface area (Å²) in [7, 11) is 0. The third-order valence-electron chi connectivity index (χ3n) is 3.04. The van der Waals surface area contributed by atoms with E-state index in [-0.39, 0.29) is 16.6 Å². The number of carbonyl (C=O) groups is 1. The van der Waals surface area contributed by atoms with Crippen LogP contribution in [0.1, 0.15) is 11.1 Å². The van der Waals surface area contributed by atoms with Crippen LogP contribution >= 0.6 is 34.2 Å². The summed E-state index contributed by atoms with van der Waals surface area (Å²) in [5.74, 6) is -0.313. The van der Waals surface area contributed by atoms with Gasteiger partial charge in [0.15, 0.2) is 0 Å². The number of anilines is 1. The lowest BCUT2D eigenvalue weighted by Crippen LogP contribution is -2.08. The van der Waals surface area contributed by atoms with Crippen LogP contribution in [0.2, 0.25) is 5.02 Å². The fourth-order valence-corrected chi connectivity index (χ4v) is 2.72. The average molecular weight is 443 g/mol. The first kappa shape index (κ1) is 17.4. The van der Waals surface area contributed by atoms with Gasteiger partial charge in [-0.25, -0.2) is 0 Å². The highest BCUT2D eigenvalue weighted by atomic mass is 127. The molecule has 0 saturated heterocycles. The van der Waals surface area contributed by atoms with Gasteiger partial charge in [0, 0.05) is 21.4 Å². The lowest BCUT2D eigenvalue weighted by atomic mass is 10.2. The number of hydrogen-bond donors (Lipinski definition) is 1. The van der Waals surface area contributed by atoms with Gasteiger partial charge in [0.05, 0.1) is 4.92 Å². The Labute approximate surface area is 151 Å². The molecule has 5 nitrogen and oxygen atoms in total. The molecule has 7 heteroatoms. The number of halogens is 2. The van der Waals surface area contributed by atoms with Crippen LogP contribution in [0.25, 0.3) is 6.08 Å². The average Bonchev–Trinajstić information content (AvgIpc) is 2.49. The van der Waals surface area contributed by atoms with Crippen LogP contribution in [-0.4, -0.2) is 10.8 Å². The van der Waals surface area contributed by atoms with E-state index < -0.39 is 4.92 Å². The van der Waals surface area contributed by atoms with E-state index in [0.29, 0.717) is 5.56 Å². The zero-order valence-corrected chi connectivity index (χ0v) is 15.0. The molecule has 118 valence electrons. The summed E-state index contributed by atoms with van der Waals surface area (Å²) in [4.78, 5) is 22.2. The minimum Gasteiger partial charge on any atom is -0.322 e. The number of nitro groups is 1. The maximum Gasteiger partial charge on any atom is 0.288 e. The molecule has 23 heavy (non-hydrogen) atoms. The maximum atomic E-state index is 11.9. The number of carbonyl (C=O) groups excluding carboxylic acids is 1. The molecule has 0 atom stereocenters. The highest BCUT2D eigenvalue weighted by Crippen LogP contribution is 2.25. The minimum atomic E-state index is -0.561. The van der Waals surface area contributed by atoms with E-state index in [1.54, 1.807) is 6.07 Å². The fourth-order valence-electron chi connectivity index (χ4n) is 1.89. The largest absolute Gasteiger partial charge is 0.322 e. The number of amides is 1. The van der Waals surface area contributed by atoms with Crippen LogP contribution in [0.4, 0.5) is 11.4 Å². The Hall–Kier alpha value is -1.93. The molecule has 0 spiro atoms. The molecule has 0 saturated carbocycles. The Balaban J connectivity index is 2.12. The lowest BCUT2D eigenvalue weighted by molar-refractivity contribution is -0.384. The monoisotopic (exact) mass is 442 g/mol. The predicted octanol–water partition coefficient (Wildman–Crippen LogP) is 4.81. The Kier molecular flexibility index (Phi) is 5.73. The van der Waals surface area contributed by atoms with Gasteiger partial charge in [-0.1, -0.05) is 17.7 Å². The van der Waals surface area contributed by atoms with Crippen molar-refractivity contribution < 1.29 is 9.72 Å². The van der Waals surface area contributed by atoms with Crippen LogP contribution in [0.15, 0.2) is 42.5 Å². The van der Waals surface area contributed by atoms with Gasteiger partial charge in [0.25, 0.3) is 5.69 Å². The second-order valence-corrected chi connectivity index (χ2v) is 6.40. The standard InChI is InChI=1S/C16H12ClIN2O3/c1-10-8-12(18)4-6-14(10)19-16(21)7-3-11-2-5-13(17)15(9-11)20(22)23/h2-9H,1H3,(H,19,21)/b7-3+. The van der Waals surface area contributed by atoms with Crippen LogP contribution in [0, 0.1) is 20.6 Å². The van der Waals surface area contributed by atoms with Crippen molar-refractivity contribution >= 4 is 57.5 Å². The van der Waals surface area contributed by atoms with E-state index >= 15 is 0 Å². The van der Waals surface area contributed by atoms with E-state index in [9.17, 15) is 14.9 Å². The number of hydrogen-bond acceptors (Lipinski definition) is 3. The van der Waals surface area contributed by atoms with Gasteiger partial charge in [-0.2, -0.15) is 0 Å². The molecule has 0 aliphatic carbocycles. The zero-order chi connectivity index (χ0) is 17.0. The highest BCUT2D eigenvalue weighted by molar-refractivity contribution is 14.1. The molecule has 2 aromatic carbocycles. The summed E-state index contributed by atoms with van der Waals surface area (Å²) in [6.07, 6.45) is 2.82. The predicted molar refractivity (Wildman–Crippen MR) is 99.7 cm³/mol. The molecule has 0 aromatic heterocycles. The fraction of sp³-hybridized carbons (Fsp3) is 0.0625. The number of nitro benzene ring substituents is 1. The summed E-state index contributed by atoms with van der Waals surface area (Å²) in [5.41, 5.74) is 2.02. The molecule has 2 aromatic rings. The number of nitrogens with one attached hydrogen (secondary N) is 1. The van der Waals surface area contributed by atoms with Gasteiger partial charge in [-0.15, -0.1) is 0 Å². The molecule has 0 radical (unpaired) electrons. The normalized spacial score (nSPS) is 10.7. The van der Waals surface area contributed by atoms with E-state index in [4.69, 9.17) is 11.6 Å². The van der Waals surface area contributed by atoms with Crippen molar-refractivity contribution in [2.75, 3.05) is 5.32 Å². The topological polar surface area (TPSA) is 72.2 Å². The van der Waals surface area contributed by atoms with Crippen LogP contribution < -0.4 is 5.32 Å². The van der Waals surface area contributed by atoms with E-state index in [2.05, 4.69) is 27.9 Å². The molecule has 1 N–H and O–H groups in total. The van der Waals surface area contributed by atoms with Gasteiger partial charge in [-0.3, -0.25) is 14.9 Å². The van der Waals surface area contributed by atoms with Crippen molar-refractivity contribution in [3.63, 3.8) is 0 Å². The van der Waals surface area contributed by atoms with Crippen molar-refractivity contribution in [2.45, 2.75) is 6.92 Å². The summed E-state index contributed by atoms with van der Waals surface area (Å²) in [6, 6.07) is 10.0. The van der Waals surface area contributed by atoms with E-state index in [1.165, 1.54) is 24.3 Å². The van der Waals surface area contributed by atoms with Crippen LogP contribution in [-0.2, 0) is 4.79 Å². The van der Waals surface area contributed by atoms with E-state index in [1.807, 2.05) is 25.1 Å². The Morgan fingerprint density at radius 2 is 2.04 bits per heavy atom. The first-order chi connectivity index (χ1) is 10.9. The molecule has 0 fully saturated rings. The molecular formula is C16H12ClIN2O3. The van der Waals surface area contributed by atoms with Gasteiger partial charge in [0.1, 0.15) is 5.02 Å². The van der Waals surface area contributed by atoms with Crippen molar-refractivity contribution in [2.24, 2.45) is 0 Å². The molecule has 1 amide bonds. The maximum absolute atomic E-state index is 11.9. The minimum absolute atomic E-state index is 0.0612. The summed E-state index contributed by atoms with van der Waals surface area (Å²) < 4.78 is 1.09. The first-order valence-corrected chi connectivity index (χ1v) is 8.01. The van der Waals surface area contributed by atoms with Gasteiger partial charge < -0.3 is 5.32 Å². The molecule has 0 aliphatic rings. The number of aryl methyl sites for hydroxylation is 1. The summed E-state index contributed by atoms with van der Waals surface area (Å²) >= 11 is 7.94. The third-order valence-corrected chi connectivity index (χ3v) is 4.03. The Morgan fingerprint density at radius 3 is 2.70 bits per heavy atom. The molecule has 0 heterocycles. The molecule has 0 unspecified atom stereocenters. The van der Waals surface area contributed by atoms with Crippen molar-refractivity contribution in [1.29, 1.82) is 0 Å². The molecule has 0 aliphatic heterocycles. The van der Waals surface area contributed by atoms with Crippen LogP contribution in [0.5, 0.6) is 0 Å². The highest BCUT2D eigenvalue weighted by Gasteiger charge is 2.11. The smallest absolute Gasteiger partial charge is 0.288 e.